The number of phenols is 1. The summed E-state index contributed by atoms with van der Waals surface area (Å²) in [5.74, 6) is 0.0714. The Balaban J connectivity index is 1.66. The first-order valence-corrected chi connectivity index (χ1v) is 9.71. The van der Waals surface area contributed by atoms with Crippen LogP contribution in [0.1, 0.15) is 5.56 Å². The van der Waals surface area contributed by atoms with Crippen LogP contribution in [0.2, 0.25) is 0 Å². The number of rotatable bonds is 6. The van der Waals surface area contributed by atoms with Gasteiger partial charge in [0.05, 0.1) is 13.2 Å². The molecule has 0 aliphatic carbocycles. The van der Waals surface area contributed by atoms with Crippen molar-refractivity contribution < 1.29 is 59.8 Å². The second kappa shape index (κ2) is 9.92. The van der Waals surface area contributed by atoms with Gasteiger partial charge in [0.1, 0.15) is 60.3 Å². The van der Waals surface area contributed by atoms with Gasteiger partial charge in [-0.3, -0.25) is 0 Å². The van der Waals surface area contributed by atoms with Gasteiger partial charge in [0.25, 0.3) is 0 Å². The topological polar surface area (TPSA) is 199 Å². The largest absolute Gasteiger partial charge is 0.508 e. The van der Waals surface area contributed by atoms with Gasteiger partial charge in [-0.15, -0.1) is 0 Å². The van der Waals surface area contributed by atoms with E-state index < -0.39 is 74.6 Å². The first-order valence-electron chi connectivity index (χ1n) is 9.71. The predicted molar refractivity (Wildman–Crippen MR) is 99.9 cm³/mol. The third-order valence-corrected chi connectivity index (χ3v) is 5.23. The molecule has 2 aliphatic heterocycles. The van der Waals surface area contributed by atoms with Gasteiger partial charge < -0.3 is 59.8 Å². The summed E-state index contributed by atoms with van der Waals surface area (Å²) in [5.41, 5.74) is 0.670. The molecule has 3 rings (SSSR count). The van der Waals surface area contributed by atoms with Crippen LogP contribution in [0.15, 0.2) is 18.2 Å². The van der Waals surface area contributed by atoms with Crippen molar-refractivity contribution in [2.24, 2.45) is 0 Å². The van der Waals surface area contributed by atoms with E-state index in [1.165, 1.54) is 12.1 Å². The van der Waals surface area contributed by atoms with Crippen LogP contribution in [0.4, 0.5) is 0 Å². The van der Waals surface area contributed by atoms with Crippen LogP contribution in [0.25, 0.3) is 0 Å². The lowest BCUT2D eigenvalue weighted by molar-refractivity contribution is -0.323. The fourth-order valence-corrected chi connectivity index (χ4v) is 3.48. The minimum absolute atomic E-state index is 0.0802. The van der Waals surface area contributed by atoms with E-state index in [4.69, 9.17) is 18.9 Å². The highest BCUT2D eigenvalue weighted by Gasteiger charge is 2.47. The maximum absolute atomic E-state index is 10.2. The van der Waals surface area contributed by atoms with E-state index in [2.05, 4.69) is 0 Å². The summed E-state index contributed by atoms with van der Waals surface area (Å²) in [6.07, 6.45) is -15.1. The van der Waals surface area contributed by atoms with Crippen molar-refractivity contribution >= 4 is 0 Å². The molecule has 0 aromatic heterocycles. The van der Waals surface area contributed by atoms with E-state index in [-0.39, 0.29) is 11.5 Å². The number of ether oxygens (including phenoxy) is 4. The molecule has 2 aliphatic rings. The molecule has 2 saturated heterocycles. The highest BCUT2D eigenvalue weighted by atomic mass is 16.7. The average molecular weight is 448 g/mol. The van der Waals surface area contributed by atoms with E-state index >= 15 is 0 Å². The zero-order valence-electron chi connectivity index (χ0n) is 16.6. The second-order valence-electron chi connectivity index (χ2n) is 7.67. The van der Waals surface area contributed by atoms with Gasteiger partial charge in [0.15, 0.2) is 6.29 Å². The lowest BCUT2D eigenvalue weighted by Gasteiger charge is -2.42. The molecule has 0 saturated carbocycles. The molecule has 0 unspecified atom stereocenters. The Morgan fingerprint density at radius 3 is 1.97 bits per heavy atom. The normalized spacial score (nSPS) is 41.2. The first kappa shape index (κ1) is 24.1. The fraction of sp³-hybridized carbons (Fsp3) is 0.684. The quantitative estimate of drug-likeness (QED) is 0.216. The van der Waals surface area contributed by atoms with Crippen LogP contribution in [-0.2, 0) is 14.2 Å². The van der Waals surface area contributed by atoms with Crippen molar-refractivity contribution in [3.63, 3.8) is 0 Å². The molecule has 12 heteroatoms. The van der Waals surface area contributed by atoms with Gasteiger partial charge in [-0.2, -0.15) is 0 Å². The van der Waals surface area contributed by atoms with Gasteiger partial charge in [0, 0.05) is 6.07 Å². The van der Waals surface area contributed by atoms with Gasteiger partial charge in [-0.1, -0.05) is 0 Å². The Morgan fingerprint density at radius 1 is 0.774 bits per heavy atom. The monoisotopic (exact) mass is 448 g/mol. The molecule has 0 amide bonds. The number of aliphatic hydroxyl groups is 7. The van der Waals surface area contributed by atoms with Crippen LogP contribution < -0.4 is 4.74 Å². The zero-order valence-corrected chi connectivity index (χ0v) is 16.6. The third kappa shape index (κ3) is 5.26. The smallest absolute Gasteiger partial charge is 0.229 e. The fourth-order valence-electron chi connectivity index (χ4n) is 3.48. The van der Waals surface area contributed by atoms with E-state index in [1.54, 1.807) is 13.0 Å². The molecule has 176 valence electrons. The van der Waals surface area contributed by atoms with Crippen molar-refractivity contribution in [1.82, 2.24) is 0 Å². The highest BCUT2D eigenvalue weighted by Crippen LogP contribution is 2.28. The second-order valence-corrected chi connectivity index (χ2v) is 7.67. The van der Waals surface area contributed by atoms with Crippen LogP contribution in [-0.4, -0.2) is 115 Å². The molecule has 31 heavy (non-hydrogen) atoms. The van der Waals surface area contributed by atoms with Gasteiger partial charge in [0.2, 0.25) is 6.29 Å². The number of hydrogen-bond acceptors (Lipinski definition) is 12. The van der Waals surface area contributed by atoms with Crippen molar-refractivity contribution in [1.29, 1.82) is 0 Å². The summed E-state index contributed by atoms with van der Waals surface area (Å²) in [4.78, 5) is 0. The molecule has 0 radical (unpaired) electrons. The molecule has 12 nitrogen and oxygen atoms in total. The molecule has 0 spiro atoms. The molecule has 8 N–H and O–H groups in total. The van der Waals surface area contributed by atoms with Crippen molar-refractivity contribution in [2.45, 2.75) is 68.3 Å². The number of aromatic hydroxyl groups is 1. The summed E-state index contributed by atoms with van der Waals surface area (Å²) < 4.78 is 21.6. The van der Waals surface area contributed by atoms with Gasteiger partial charge in [-0.25, -0.2) is 0 Å². The van der Waals surface area contributed by atoms with Crippen molar-refractivity contribution in [3.8, 4) is 11.5 Å². The minimum Gasteiger partial charge on any atom is -0.508 e. The number of aliphatic hydroxyl groups excluding tert-OH is 7. The molecule has 2 fully saturated rings. The molecule has 1 aromatic rings. The summed E-state index contributed by atoms with van der Waals surface area (Å²) in [7, 11) is 0. The number of aryl methyl sites for hydroxylation is 1. The van der Waals surface area contributed by atoms with Gasteiger partial charge in [-0.05, 0) is 24.6 Å². The Bertz CT molecular complexity index is 710. The van der Waals surface area contributed by atoms with Crippen molar-refractivity contribution in [3.05, 3.63) is 23.8 Å². The first-order chi connectivity index (χ1) is 14.6. The molecule has 2 heterocycles. The summed E-state index contributed by atoms with van der Waals surface area (Å²) >= 11 is 0. The van der Waals surface area contributed by atoms with Crippen LogP contribution in [0.3, 0.4) is 0 Å². The Morgan fingerprint density at radius 2 is 1.35 bits per heavy atom. The predicted octanol–water partition coefficient (Wildman–Crippen LogP) is -3.30. The van der Waals surface area contributed by atoms with Crippen molar-refractivity contribution in [2.75, 3.05) is 13.2 Å². The molecule has 1 aromatic carbocycles. The number of phenolic OH excluding ortho intramolecular Hbond substituents is 1. The Labute approximate surface area is 177 Å². The SMILES string of the molecule is Cc1cc(O)cc(O[C@H]2O[C@@H](CO[C@H]3O[C@@H](CO)[C@H](O)[C@@H](O)[C@@H]3O)[C@H](O)[C@@H](O)[C@@H]2O)c1. The lowest BCUT2D eigenvalue weighted by Crippen LogP contribution is -2.62. The molecule has 0 bridgehead atoms. The van der Waals surface area contributed by atoms with Crippen LogP contribution in [0, 0.1) is 6.92 Å². The van der Waals surface area contributed by atoms with E-state index in [0.29, 0.717) is 5.56 Å². The van der Waals surface area contributed by atoms with E-state index in [9.17, 15) is 40.9 Å². The number of benzene rings is 1. The maximum Gasteiger partial charge on any atom is 0.229 e. The van der Waals surface area contributed by atoms with Crippen LogP contribution in [0.5, 0.6) is 11.5 Å². The van der Waals surface area contributed by atoms with E-state index in [0.717, 1.165) is 0 Å². The summed E-state index contributed by atoms with van der Waals surface area (Å²) in [5, 5.41) is 79.2. The zero-order chi connectivity index (χ0) is 22.9. The minimum atomic E-state index is -1.67. The summed E-state index contributed by atoms with van der Waals surface area (Å²) in [6, 6.07) is 4.33. The molecule has 10 atom stereocenters. The standard InChI is InChI=1S/C19H28O12/c1-7-2-8(21)4-9(3-7)29-19-17(27)15(25)13(23)11(31-19)6-28-18-16(26)14(24)12(22)10(5-20)30-18/h2-4,10-27H,5-6H2,1H3/t10-,11-,12-,13-,14+,15+,16-,17-,18-,19-/m0/s1. The third-order valence-electron chi connectivity index (χ3n) is 5.23. The number of hydrogen-bond donors (Lipinski definition) is 8. The lowest BCUT2D eigenvalue weighted by atomic mass is 9.98. The Hall–Kier alpha value is -1.58. The maximum atomic E-state index is 10.2. The summed E-state index contributed by atoms with van der Waals surface area (Å²) in [6.45, 7) is 0.602. The van der Waals surface area contributed by atoms with Gasteiger partial charge >= 0.3 is 0 Å². The van der Waals surface area contributed by atoms with Crippen LogP contribution >= 0.6 is 0 Å². The Kier molecular flexibility index (Phi) is 7.70. The van der Waals surface area contributed by atoms with E-state index in [1.807, 2.05) is 0 Å². The molecular weight excluding hydrogens is 420 g/mol. The highest BCUT2D eigenvalue weighted by molar-refractivity contribution is 5.37. The average Bonchev–Trinajstić information content (AvgIpc) is 2.72. The molecular formula is C19H28O12.